The number of aromatic nitrogens is 1. The summed E-state index contributed by atoms with van der Waals surface area (Å²) in [5, 5.41) is 3.65. The molecule has 0 bridgehead atoms. The third-order valence-electron chi connectivity index (χ3n) is 2.20. The van der Waals surface area contributed by atoms with Crippen molar-refractivity contribution in [3.63, 3.8) is 0 Å². The number of rotatable bonds is 2. The third kappa shape index (κ3) is 1.66. The maximum absolute atomic E-state index is 5.73. The van der Waals surface area contributed by atoms with Crippen molar-refractivity contribution in [2.75, 3.05) is 12.8 Å². The third-order valence-corrected chi connectivity index (χ3v) is 2.20. The smallest absolute Gasteiger partial charge is 0.193 e. The Morgan fingerprint density at radius 1 is 1.40 bits per heavy atom. The van der Waals surface area contributed by atoms with Crippen molar-refractivity contribution < 1.29 is 9.26 Å². The first-order valence-electron chi connectivity index (χ1n) is 4.57. The van der Waals surface area contributed by atoms with Crippen molar-refractivity contribution in [1.29, 1.82) is 0 Å². The van der Waals surface area contributed by atoms with Crippen molar-refractivity contribution in [2.45, 2.75) is 6.92 Å². The summed E-state index contributed by atoms with van der Waals surface area (Å²) in [6.07, 6.45) is 1.48. The van der Waals surface area contributed by atoms with Gasteiger partial charge in [-0.1, -0.05) is 16.8 Å². The fourth-order valence-corrected chi connectivity index (χ4v) is 1.45. The van der Waals surface area contributed by atoms with E-state index in [4.69, 9.17) is 15.0 Å². The molecule has 0 atom stereocenters. The number of anilines is 1. The summed E-state index contributed by atoms with van der Waals surface area (Å²) in [5.41, 5.74) is 8.19. The second-order valence-corrected chi connectivity index (χ2v) is 3.31. The van der Waals surface area contributed by atoms with Crippen molar-refractivity contribution in [2.24, 2.45) is 0 Å². The summed E-state index contributed by atoms with van der Waals surface area (Å²) in [6.45, 7) is 2.00. The van der Waals surface area contributed by atoms with Gasteiger partial charge in [0, 0.05) is 0 Å². The molecule has 15 heavy (non-hydrogen) atoms. The highest BCUT2D eigenvalue weighted by atomic mass is 16.5. The van der Waals surface area contributed by atoms with Crippen LogP contribution in [0.5, 0.6) is 5.75 Å². The number of hydrogen-bond donors (Lipinski definition) is 1. The second kappa shape index (κ2) is 3.65. The minimum absolute atomic E-state index is 0.513. The summed E-state index contributed by atoms with van der Waals surface area (Å²) in [4.78, 5) is 0. The van der Waals surface area contributed by atoms with Gasteiger partial charge in [-0.15, -0.1) is 0 Å². The summed E-state index contributed by atoms with van der Waals surface area (Å²) in [5.74, 6) is 1.28. The van der Waals surface area contributed by atoms with E-state index in [0.29, 0.717) is 11.4 Å². The van der Waals surface area contributed by atoms with Crippen LogP contribution in [0.4, 0.5) is 5.69 Å². The van der Waals surface area contributed by atoms with Gasteiger partial charge in [0.25, 0.3) is 0 Å². The SMILES string of the molecule is COc1ccc(C)cc1-c1oncc1N. The molecular formula is C11H12N2O2. The van der Waals surface area contributed by atoms with Crippen molar-refractivity contribution in [1.82, 2.24) is 5.16 Å². The number of nitrogen functional groups attached to an aromatic ring is 1. The fourth-order valence-electron chi connectivity index (χ4n) is 1.45. The van der Waals surface area contributed by atoms with E-state index >= 15 is 0 Å². The van der Waals surface area contributed by atoms with Crippen molar-refractivity contribution in [3.05, 3.63) is 30.0 Å². The van der Waals surface area contributed by atoms with Gasteiger partial charge in [0.15, 0.2) is 5.76 Å². The lowest BCUT2D eigenvalue weighted by Crippen LogP contribution is -1.90. The summed E-state index contributed by atoms with van der Waals surface area (Å²) in [7, 11) is 1.61. The van der Waals surface area contributed by atoms with Crippen molar-refractivity contribution >= 4 is 5.69 Å². The lowest BCUT2D eigenvalue weighted by atomic mass is 10.1. The molecule has 4 nitrogen and oxygen atoms in total. The van der Waals surface area contributed by atoms with E-state index in [0.717, 1.165) is 16.9 Å². The second-order valence-electron chi connectivity index (χ2n) is 3.31. The number of nitrogens with zero attached hydrogens (tertiary/aromatic N) is 1. The van der Waals surface area contributed by atoms with E-state index in [1.165, 1.54) is 6.20 Å². The molecule has 0 unspecified atom stereocenters. The molecule has 0 radical (unpaired) electrons. The van der Waals surface area contributed by atoms with Crippen LogP contribution in [0.25, 0.3) is 11.3 Å². The maximum atomic E-state index is 5.73. The molecular weight excluding hydrogens is 192 g/mol. The van der Waals surface area contributed by atoms with Crippen LogP contribution in [-0.2, 0) is 0 Å². The zero-order chi connectivity index (χ0) is 10.8. The van der Waals surface area contributed by atoms with E-state index in [1.807, 2.05) is 25.1 Å². The van der Waals surface area contributed by atoms with E-state index in [1.54, 1.807) is 7.11 Å². The van der Waals surface area contributed by atoms with Crippen molar-refractivity contribution in [3.8, 4) is 17.1 Å². The number of ether oxygens (including phenoxy) is 1. The topological polar surface area (TPSA) is 61.3 Å². The van der Waals surface area contributed by atoms with Gasteiger partial charge in [0.05, 0.1) is 18.9 Å². The Bertz CT molecular complexity index is 477. The predicted molar refractivity (Wildman–Crippen MR) is 57.6 cm³/mol. The van der Waals surface area contributed by atoms with Crippen LogP contribution in [0.2, 0.25) is 0 Å². The molecule has 0 fully saturated rings. The van der Waals surface area contributed by atoms with Gasteiger partial charge in [0.2, 0.25) is 0 Å². The molecule has 2 N–H and O–H groups in total. The minimum Gasteiger partial charge on any atom is -0.496 e. The quantitative estimate of drug-likeness (QED) is 0.814. The van der Waals surface area contributed by atoms with E-state index < -0.39 is 0 Å². The summed E-state index contributed by atoms with van der Waals surface area (Å²) in [6, 6.07) is 5.80. The average Bonchev–Trinajstić information content (AvgIpc) is 2.64. The zero-order valence-electron chi connectivity index (χ0n) is 8.65. The Hall–Kier alpha value is -1.97. The van der Waals surface area contributed by atoms with E-state index in [9.17, 15) is 0 Å². The molecule has 1 heterocycles. The van der Waals surface area contributed by atoms with Gasteiger partial charge < -0.3 is 15.0 Å². The number of nitrogens with two attached hydrogens (primary N) is 1. The lowest BCUT2D eigenvalue weighted by Gasteiger charge is -2.06. The van der Waals surface area contributed by atoms with Crippen LogP contribution in [0, 0.1) is 6.92 Å². The standard InChI is InChI=1S/C11H12N2O2/c1-7-3-4-10(14-2)8(5-7)11-9(12)6-13-15-11/h3-6H,12H2,1-2H3. The van der Waals surface area contributed by atoms with Crippen LogP contribution in [0.1, 0.15) is 5.56 Å². The molecule has 0 saturated carbocycles. The molecule has 0 saturated heterocycles. The van der Waals surface area contributed by atoms with Gasteiger partial charge in [-0.25, -0.2) is 0 Å². The molecule has 0 aliphatic carbocycles. The summed E-state index contributed by atoms with van der Waals surface area (Å²) < 4.78 is 10.3. The monoisotopic (exact) mass is 204 g/mol. The van der Waals surface area contributed by atoms with Crippen LogP contribution in [0.15, 0.2) is 28.9 Å². The molecule has 1 aromatic carbocycles. The molecule has 78 valence electrons. The van der Waals surface area contributed by atoms with Gasteiger partial charge in [-0.3, -0.25) is 0 Å². The highest BCUT2D eigenvalue weighted by Gasteiger charge is 2.13. The first-order valence-corrected chi connectivity index (χ1v) is 4.57. The van der Waals surface area contributed by atoms with Gasteiger partial charge in [-0.05, 0) is 19.1 Å². The molecule has 2 rings (SSSR count). The number of methoxy groups -OCH3 is 1. The Morgan fingerprint density at radius 2 is 2.20 bits per heavy atom. The van der Waals surface area contributed by atoms with Gasteiger partial charge in [0.1, 0.15) is 11.4 Å². The molecule has 0 aliphatic heterocycles. The van der Waals surface area contributed by atoms with Crippen LogP contribution in [-0.4, -0.2) is 12.3 Å². The largest absolute Gasteiger partial charge is 0.496 e. The predicted octanol–water partition coefficient (Wildman–Crippen LogP) is 2.24. The van der Waals surface area contributed by atoms with E-state index in [2.05, 4.69) is 5.16 Å². The number of benzene rings is 1. The molecule has 1 aromatic heterocycles. The number of hydrogen-bond acceptors (Lipinski definition) is 4. The van der Waals surface area contributed by atoms with Crippen LogP contribution < -0.4 is 10.5 Å². The highest BCUT2D eigenvalue weighted by Crippen LogP contribution is 2.34. The highest BCUT2D eigenvalue weighted by molar-refractivity contribution is 5.75. The fraction of sp³-hybridized carbons (Fsp3) is 0.182. The Balaban J connectivity index is 2.60. The molecule has 0 spiro atoms. The molecule has 0 amide bonds. The average molecular weight is 204 g/mol. The normalized spacial score (nSPS) is 10.3. The Kier molecular flexibility index (Phi) is 2.33. The first kappa shape index (κ1) is 9.58. The molecule has 2 aromatic rings. The minimum atomic E-state index is 0.513. The van der Waals surface area contributed by atoms with E-state index in [-0.39, 0.29) is 0 Å². The number of aryl methyl sites for hydroxylation is 1. The lowest BCUT2D eigenvalue weighted by molar-refractivity contribution is 0.406. The zero-order valence-corrected chi connectivity index (χ0v) is 8.65. The molecule has 4 heteroatoms. The summed E-state index contributed by atoms with van der Waals surface area (Å²) >= 11 is 0. The molecule has 0 aliphatic rings. The van der Waals surface area contributed by atoms with Gasteiger partial charge in [-0.2, -0.15) is 0 Å². The Morgan fingerprint density at radius 3 is 2.80 bits per heavy atom. The van der Waals surface area contributed by atoms with Gasteiger partial charge >= 0.3 is 0 Å². The first-order chi connectivity index (χ1) is 7.22. The Labute approximate surface area is 87.6 Å². The van der Waals surface area contributed by atoms with Crippen LogP contribution in [0.3, 0.4) is 0 Å². The maximum Gasteiger partial charge on any atom is 0.193 e. The van der Waals surface area contributed by atoms with Crippen LogP contribution >= 0.6 is 0 Å².